The number of rotatable bonds is 6. The molecule has 2 aliphatic heterocycles. The Morgan fingerprint density at radius 1 is 1.32 bits per heavy atom. The average Bonchev–Trinajstić information content (AvgIpc) is 2.43. The summed E-state index contributed by atoms with van der Waals surface area (Å²) in [5, 5.41) is 3.49. The van der Waals surface area contributed by atoms with Gasteiger partial charge in [-0.15, -0.1) is 0 Å². The first-order valence-electron chi connectivity index (χ1n) is 7.95. The number of piperazine rings is 1. The lowest BCUT2D eigenvalue weighted by Gasteiger charge is -2.50. The van der Waals surface area contributed by atoms with Crippen LogP contribution in [0, 0.1) is 0 Å². The van der Waals surface area contributed by atoms with Gasteiger partial charge in [0.2, 0.25) is 0 Å². The number of fused-ring (bicyclic) bond motifs is 1. The van der Waals surface area contributed by atoms with E-state index < -0.39 is 0 Å². The van der Waals surface area contributed by atoms with Crippen molar-refractivity contribution in [3.63, 3.8) is 0 Å². The lowest BCUT2D eigenvalue weighted by molar-refractivity contribution is -0.0254. The third kappa shape index (κ3) is 3.91. The number of likely N-dealkylation sites (N-methyl/N-ethyl adjacent to an activating group) is 1. The van der Waals surface area contributed by atoms with Gasteiger partial charge in [0.15, 0.2) is 0 Å². The van der Waals surface area contributed by atoms with Crippen molar-refractivity contribution in [2.24, 2.45) is 0 Å². The molecule has 2 fully saturated rings. The number of nitrogens with one attached hydrogen (secondary N) is 1. The van der Waals surface area contributed by atoms with Gasteiger partial charge in [0.25, 0.3) is 0 Å². The van der Waals surface area contributed by atoms with Crippen LogP contribution in [0.4, 0.5) is 0 Å². The monoisotopic (exact) mass is 269 g/mol. The molecule has 2 rings (SSSR count). The summed E-state index contributed by atoms with van der Waals surface area (Å²) in [6, 6.07) is 1.95. The van der Waals surface area contributed by atoms with Gasteiger partial charge in [0.1, 0.15) is 0 Å². The van der Waals surface area contributed by atoms with E-state index in [1.165, 1.54) is 38.9 Å². The van der Waals surface area contributed by atoms with E-state index in [2.05, 4.69) is 29.0 Å². The minimum absolute atomic E-state index is 0.518. The summed E-state index contributed by atoms with van der Waals surface area (Å²) in [5.41, 5.74) is 0. The Hall–Kier alpha value is -0.160. The summed E-state index contributed by atoms with van der Waals surface area (Å²) < 4.78 is 5.44. The van der Waals surface area contributed by atoms with Crippen molar-refractivity contribution in [1.82, 2.24) is 15.1 Å². The number of hydrogen-bond donors (Lipinski definition) is 1. The van der Waals surface area contributed by atoms with E-state index in [1.54, 1.807) is 0 Å². The standard InChI is InChI=1S/C15H31N3O/c1-4-16-9-15(12-19-3)18-11-14-7-5-6-8-17(14)10-13(18)2/h13-16H,4-12H2,1-3H3. The number of hydrogen-bond acceptors (Lipinski definition) is 4. The molecule has 0 aromatic rings. The van der Waals surface area contributed by atoms with Crippen molar-refractivity contribution in [2.75, 3.05) is 46.4 Å². The van der Waals surface area contributed by atoms with Crippen LogP contribution in [-0.4, -0.2) is 74.4 Å². The minimum Gasteiger partial charge on any atom is -0.383 e. The maximum absolute atomic E-state index is 5.44. The summed E-state index contributed by atoms with van der Waals surface area (Å²) in [7, 11) is 1.82. The Balaban J connectivity index is 1.95. The molecule has 3 unspecified atom stereocenters. The molecule has 4 nitrogen and oxygen atoms in total. The topological polar surface area (TPSA) is 27.7 Å². The van der Waals surface area contributed by atoms with Gasteiger partial charge < -0.3 is 10.1 Å². The van der Waals surface area contributed by atoms with Crippen LogP contribution in [0.25, 0.3) is 0 Å². The van der Waals surface area contributed by atoms with Crippen molar-refractivity contribution in [3.8, 4) is 0 Å². The van der Waals surface area contributed by atoms with Crippen molar-refractivity contribution < 1.29 is 4.74 Å². The highest BCUT2D eigenvalue weighted by Crippen LogP contribution is 2.25. The van der Waals surface area contributed by atoms with Crippen LogP contribution in [0.15, 0.2) is 0 Å². The molecule has 0 aliphatic carbocycles. The lowest BCUT2D eigenvalue weighted by Crippen LogP contribution is -2.63. The van der Waals surface area contributed by atoms with E-state index >= 15 is 0 Å². The smallest absolute Gasteiger partial charge is 0.0630 e. The van der Waals surface area contributed by atoms with Gasteiger partial charge >= 0.3 is 0 Å². The predicted molar refractivity (Wildman–Crippen MR) is 79.6 cm³/mol. The third-order valence-electron chi connectivity index (χ3n) is 4.69. The lowest BCUT2D eigenvalue weighted by atomic mass is 9.96. The highest BCUT2D eigenvalue weighted by molar-refractivity contribution is 4.92. The zero-order valence-electron chi connectivity index (χ0n) is 12.9. The first kappa shape index (κ1) is 15.2. The van der Waals surface area contributed by atoms with Gasteiger partial charge in [-0.2, -0.15) is 0 Å². The highest BCUT2D eigenvalue weighted by Gasteiger charge is 2.35. The minimum atomic E-state index is 0.518. The number of ether oxygens (including phenoxy) is 1. The molecule has 0 spiro atoms. The second-order valence-corrected chi connectivity index (χ2v) is 6.11. The van der Waals surface area contributed by atoms with Crippen molar-refractivity contribution in [2.45, 2.75) is 51.2 Å². The molecule has 4 heteroatoms. The molecule has 2 saturated heterocycles. The molecule has 0 aromatic heterocycles. The molecule has 112 valence electrons. The summed E-state index contributed by atoms with van der Waals surface area (Å²) in [4.78, 5) is 5.39. The van der Waals surface area contributed by atoms with Gasteiger partial charge in [0, 0.05) is 44.9 Å². The van der Waals surface area contributed by atoms with E-state index in [0.29, 0.717) is 12.1 Å². The Labute approximate surface area is 118 Å². The van der Waals surface area contributed by atoms with Gasteiger partial charge in [-0.05, 0) is 32.9 Å². The number of methoxy groups -OCH3 is 1. The molecule has 0 amide bonds. The summed E-state index contributed by atoms with van der Waals surface area (Å²) in [6.45, 7) is 11.2. The Kier molecular flexibility index (Phi) is 6.07. The van der Waals surface area contributed by atoms with Crippen LogP contribution < -0.4 is 5.32 Å². The molecule has 2 heterocycles. The second kappa shape index (κ2) is 7.58. The van der Waals surface area contributed by atoms with E-state index in [-0.39, 0.29) is 0 Å². The predicted octanol–water partition coefficient (Wildman–Crippen LogP) is 1.17. The summed E-state index contributed by atoms with van der Waals surface area (Å²) in [6.07, 6.45) is 4.18. The maximum atomic E-state index is 5.44. The van der Waals surface area contributed by atoms with E-state index in [4.69, 9.17) is 4.74 Å². The van der Waals surface area contributed by atoms with Gasteiger partial charge in [-0.25, -0.2) is 0 Å². The van der Waals surface area contributed by atoms with Crippen molar-refractivity contribution in [1.29, 1.82) is 0 Å². The molecule has 2 aliphatic rings. The van der Waals surface area contributed by atoms with Gasteiger partial charge in [0.05, 0.1) is 6.61 Å². The molecular formula is C15H31N3O. The summed E-state index contributed by atoms with van der Waals surface area (Å²) >= 11 is 0. The van der Waals surface area contributed by atoms with Crippen molar-refractivity contribution >= 4 is 0 Å². The van der Waals surface area contributed by atoms with Crippen LogP contribution >= 0.6 is 0 Å². The number of nitrogens with zero attached hydrogens (tertiary/aromatic N) is 2. The molecule has 0 bridgehead atoms. The molecule has 0 saturated carbocycles. The maximum Gasteiger partial charge on any atom is 0.0630 e. The third-order valence-corrected chi connectivity index (χ3v) is 4.69. The van der Waals surface area contributed by atoms with E-state index in [0.717, 1.165) is 25.7 Å². The van der Waals surface area contributed by atoms with Crippen LogP contribution in [-0.2, 0) is 4.74 Å². The van der Waals surface area contributed by atoms with Crippen LogP contribution in [0.1, 0.15) is 33.1 Å². The first-order valence-corrected chi connectivity index (χ1v) is 7.95. The largest absolute Gasteiger partial charge is 0.383 e. The zero-order chi connectivity index (χ0) is 13.7. The molecular weight excluding hydrogens is 238 g/mol. The molecule has 0 aromatic carbocycles. The fraction of sp³-hybridized carbons (Fsp3) is 1.00. The molecule has 0 radical (unpaired) electrons. The van der Waals surface area contributed by atoms with Crippen molar-refractivity contribution in [3.05, 3.63) is 0 Å². The van der Waals surface area contributed by atoms with Gasteiger partial charge in [-0.3, -0.25) is 9.80 Å². The molecule has 19 heavy (non-hydrogen) atoms. The quantitative estimate of drug-likeness (QED) is 0.783. The number of piperidine rings is 1. The van der Waals surface area contributed by atoms with Crippen LogP contribution in [0.2, 0.25) is 0 Å². The first-order chi connectivity index (χ1) is 9.26. The van der Waals surface area contributed by atoms with Gasteiger partial charge in [-0.1, -0.05) is 13.3 Å². The Morgan fingerprint density at radius 3 is 2.89 bits per heavy atom. The molecule has 1 N–H and O–H groups in total. The summed E-state index contributed by atoms with van der Waals surface area (Å²) in [5.74, 6) is 0. The van der Waals surface area contributed by atoms with Crippen LogP contribution in [0.3, 0.4) is 0 Å². The SMILES string of the molecule is CCNCC(COC)N1CC2CCCCN2CC1C. The average molecular weight is 269 g/mol. The Bertz CT molecular complexity index is 262. The normalized spacial score (nSPS) is 31.1. The highest BCUT2D eigenvalue weighted by atomic mass is 16.5. The molecule has 3 atom stereocenters. The Morgan fingerprint density at radius 2 is 2.16 bits per heavy atom. The fourth-order valence-electron chi connectivity index (χ4n) is 3.66. The fourth-order valence-corrected chi connectivity index (χ4v) is 3.66. The van der Waals surface area contributed by atoms with E-state index in [1.807, 2.05) is 7.11 Å². The second-order valence-electron chi connectivity index (χ2n) is 6.11. The zero-order valence-corrected chi connectivity index (χ0v) is 12.9. The van der Waals surface area contributed by atoms with Crippen LogP contribution in [0.5, 0.6) is 0 Å². The van der Waals surface area contributed by atoms with E-state index in [9.17, 15) is 0 Å².